The largest absolute Gasteiger partial charge is 0.322 e. The van der Waals surface area contributed by atoms with Crippen molar-refractivity contribution in [3.05, 3.63) is 100 Å². The van der Waals surface area contributed by atoms with Crippen molar-refractivity contribution in [3.8, 4) is 5.69 Å². The number of nitrogens with one attached hydrogen (secondary N) is 1. The number of hydrogen-bond donors (Lipinski definition) is 1. The number of hydrogen-bond acceptors (Lipinski definition) is 3. The van der Waals surface area contributed by atoms with Crippen LogP contribution < -0.4 is 10.9 Å². The summed E-state index contributed by atoms with van der Waals surface area (Å²) in [4.78, 5) is 33.7. The van der Waals surface area contributed by atoms with Crippen LogP contribution in [0.3, 0.4) is 0 Å². The molecule has 0 radical (unpaired) electrons. The van der Waals surface area contributed by atoms with Gasteiger partial charge in [-0.15, -0.1) is 0 Å². The molecule has 0 bridgehead atoms. The number of carbonyl (C=O) groups excluding carboxylic acids is 1. The standard InChI is InChI=1S/C28H29FN4O2/c1-4-16-32(28(35)30-21-12-9-11-20(29)18-21)25(5-2)26-31-24-15-7-6-14-23(24)27(34)33(26)22-13-8-10-19(3)17-22/h6-15,17-18,25H,4-5,16H2,1-3H3,(H,30,35). The highest BCUT2D eigenvalue weighted by Crippen LogP contribution is 2.27. The second-order valence-electron chi connectivity index (χ2n) is 8.52. The van der Waals surface area contributed by atoms with E-state index in [1.165, 1.54) is 12.1 Å². The van der Waals surface area contributed by atoms with Gasteiger partial charge in [-0.3, -0.25) is 9.36 Å². The second kappa shape index (κ2) is 10.5. The minimum absolute atomic E-state index is 0.184. The van der Waals surface area contributed by atoms with Gasteiger partial charge in [0.15, 0.2) is 0 Å². The molecule has 180 valence electrons. The molecular weight excluding hydrogens is 443 g/mol. The van der Waals surface area contributed by atoms with Crippen LogP contribution in [-0.4, -0.2) is 27.0 Å². The minimum Gasteiger partial charge on any atom is -0.314 e. The average Bonchev–Trinajstić information content (AvgIpc) is 2.84. The number of halogens is 1. The molecule has 2 amide bonds. The third-order valence-corrected chi connectivity index (χ3v) is 5.92. The number of anilines is 1. The van der Waals surface area contributed by atoms with Gasteiger partial charge in [-0.1, -0.05) is 44.2 Å². The zero-order valence-electron chi connectivity index (χ0n) is 20.2. The fourth-order valence-corrected chi connectivity index (χ4v) is 4.33. The van der Waals surface area contributed by atoms with Crippen LogP contribution in [0.2, 0.25) is 0 Å². The molecule has 6 nitrogen and oxygen atoms in total. The maximum Gasteiger partial charge on any atom is 0.322 e. The van der Waals surface area contributed by atoms with E-state index in [0.717, 1.165) is 5.56 Å². The number of para-hydroxylation sites is 1. The number of amides is 2. The van der Waals surface area contributed by atoms with Gasteiger partial charge in [0.05, 0.1) is 22.6 Å². The van der Waals surface area contributed by atoms with Gasteiger partial charge in [-0.25, -0.2) is 14.2 Å². The van der Waals surface area contributed by atoms with E-state index in [4.69, 9.17) is 4.98 Å². The normalized spacial score (nSPS) is 11.9. The predicted molar refractivity (Wildman–Crippen MR) is 138 cm³/mol. The lowest BCUT2D eigenvalue weighted by Gasteiger charge is -2.32. The SMILES string of the molecule is CCCN(C(=O)Nc1cccc(F)c1)C(CC)c1nc2ccccc2c(=O)n1-c1cccc(C)c1. The summed E-state index contributed by atoms with van der Waals surface area (Å²) in [5, 5.41) is 3.32. The molecule has 0 saturated heterocycles. The van der Waals surface area contributed by atoms with Crippen molar-refractivity contribution in [3.63, 3.8) is 0 Å². The molecule has 0 fully saturated rings. The molecule has 4 aromatic rings. The fourth-order valence-electron chi connectivity index (χ4n) is 4.33. The van der Waals surface area contributed by atoms with Crippen molar-refractivity contribution in [2.45, 2.75) is 39.7 Å². The van der Waals surface area contributed by atoms with Crippen molar-refractivity contribution in [1.29, 1.82) is 0 Å². The lowest BCUT2D eigenvalue weighted by molar-refractivity contribution is 0.181. The van der Waals surface area contributed by atoms with Crippen molar-refractivity contribution in [2.24, 2.45) is 0 Å². The topological polar surface area (TPSA) is 67.2 Å². The van der Waals surface area contributed by atoms with Crippen LogP contribution in [0.5, 0.6) is 0 Å². The van der Waals surface area contributed by atoms with Crippen molar-refractivity contribution in [1.82, 2.24) is 14.5 Å². The van der Waals surface area contributed by atoms with E-state index in [-0.39, 0.29) is 11.6 Å². The van der Waals surface area contributed by atoms with E-state index >= 15 is 0 Å². The molecule has 35 heavy (non-hydrogen) atoms. The maximum atomic E-state index is 13.7. The fraction of sp³-hybridized carbons (Fsp3) is 0.250. The zero-order valence-corrected chi connectivity index (χ0v) is 20.2. The lowest BCUT2D eigenvalue weighted by atomic mass is 10.1. The number of aryl methyl sites for hydroxylation is 1. The third-order valence-electron chi connectivity index (χ3n) is 5.92. The van der Waals surface area contributed by atoms with Gasteiger partial charge in [0, 0.05) is 12.2 Å². The molecule has 0 aliphatic rings. The average molecular weight is 473 g/mol. The van der Waals surface area contributed by atoms with Gasteiger partial charge in [0.25, 0.3) is 5.56 Å². The summed E-state index contributed by atoms with van der Waals surface area (Å²) in [6.45, 7) is 6.35. The number of carbonyl (C=O) groups is 1. The summed E-state index contributed by atoms with van der Waals surface area (Å²) in [6, 6.07) is 19.9. The van der Waals surface area contributed by atoms with Crippen molar-refractivity contribution < 1.29 is 9.18 Å². The molecule has 1 N–H and O–H groups in total. The van der Waals surface area contributed by atoms with E-state index < -0.39 is 11.9 Å². The highest BCUT2D eigenvalue weighted by molar-refractivity contribution is 5.89. The van der Waals surface area contributed by atoms with Crippen LogP contribution in [-0.2, 0) is 0 Å². The molecule has 1 aromatic heterocycles. The first-order chi connectivity index (χ1) is 16.9. The van der Waals surface area contributed by atoms with Gasteiger partial charge >= 0.3 is 6.03 Å². The number of urea groups is 1. The van der Waals surface area contributed by atoms with Crippen molar-refractivity contribution in [2.75, 3.05) is 11.9 Å². The van der Waals surface area contributed by atoms with Gasteiger partial charge < -0.3 is 10.2 Å². The first kappa shape index (κ1) is 24.1. The summed E-state index contributed by atoms with van der Waals surface area (Å²) in [6.07, 6.45) is 1.24. The van der Waals surface area contributed by atoms with Crippen molar-refractivity contribution >= 4 is 22.6 Å². The highest BCUT2D eigenvalue weighted by atomic mass is 19.1. The van der Waals surface area contributed by atoms with Crippen LogP contribution in [0.4, 0.5) is 14.9 Å². The van der Waals surface area contributed by atoms with E-state index in [1.807, 2.05) is 63.2 Å². The Morgan fingerprint density at radius 1 is 1.06 bits per heavy atom. The minimum atomic E-state index is -0.485. The maximum absolute atomic E-state index is 13.7. The molecule has 1 unspecified atom stereocenters. The van der Waals surface area contributed by atoms with Gasteiger partial charge in [0.1, 0.15) is 11.6 Å². The van der Waals surface area contributed by atoms with Crippen LogP contribution in [0.1, 0.15) is 44.1 Å². The number of aromatic nitrogens is 2. The number of nitrogens with zero attached hydrogens (tertiary/aromatic N) is 3. The molecule has 0 aliphatic heterocycles. The van der Waals surface area contributed by atoms with Gasteiger partial charge in [-0.05, 0) is 67.8 Å². The number of rotatable bonds is 7. The number of fused-ring (bicyclic) bond motifs is 1. The van der Waals surface area contributed by atoms with Gasteiger partial charge in [0.2, 0.25) is 0 Å². The Morgan fingerprint density at radius 2 is 1.83 bits per heavy atom. The summed E-state index contributed by atoms with van der Waals surface area (Å²) in [5.74, 6) is 0.0611. The summed E-state index contributed by atoms with van der Waals surface area (Å²) in [5.41, 5.74) is 2.47. The quantitative estimate of drug-likeness (QED) is 0.347. The van der Waals surface area contributed by atoms with E-state index in [9.17, 15) is 14.0 Å². The zero-order chi connectivity index (χ0) is 24.9. The smallest absolute Gasteiger partial charge is 0.314 e. The molecule has 7 heteroatoms. The Bertz CT molecular complexity index is 1420. The molecule has 4 rings (SSSR count). The monoisotopic (exact) mass is 472 g/mol. The Kier molecular flexibility index (Phi) is 7.25. The highest BCUT2D eigenvalue weighted by Gasteiger charge is 2.29. The molecular formula is C28H29FN4O2. The Labute approximate surface area is 204 Å². The van der Waals surface area contributed by atoms with Crippen LogP contribution >= 0.6 is 0 Å². The second-order valence-corrected chi connectivity index (χ2v) is 8.52. The molecule has 1 heterocycles. The number of benzene rings is 3. The molecule has 1 atom stereocenters. The predicted octanol–water partition coefficient (Wildman–Crippen LogP) is 6.23. The summed E-state index contributed by atoms with van der Waals surface area (Å²) < 4.78 is 15.3. The summed E-state index contributed by atoms with van der Waals surface area (Å²) >= 11 is 0. The first-order valence-corrected chi connectivity index (χ1v) is 11.8. The Balaban J connectivity index is 1.87. The third kappa shape index (κ3) is 5.09. The Morgan fingerprint density at radius 3 is 2.54 bits per heavy atom. The van der Waals surface area contributed by atoms with Gasteiger partial charge in [-0.2, -0.15) is 0 Å². The lowest BCUT2D eigenvalue weighted by Crippen LogP contribution is -2.41. The Hall–Kier alpha value is -4.00. The molecule has 3 aromatic carbocycles. The summed E-state index contributed by atoms with van der Waals surface area (Å²) in [7, 11) is 0. The molecule has 0 saturated carbocycles. The van der Waals surface area contributed by atoms with E-state index in [1.54, 1.807) is 27.7 Å². The van der Waals surface area contributed by atoms with Crippen LogP contribution in [0.15, 0.2) is 77.6 Å². The van der Waals surface area contributed by atoms with E-state index in [2.05, 4.69) is 5.32 Å². The van der Waals surface area contributed by atoms with Crippen LogP contribution in [0.25, 0.3) is 16.6 Å². The molecule has 0 spiro atoms. The van der Waals surface area contributed by atoms with Crippen LogP contribution in [0, 0.1) is 12.7 Å². The van der Waals surface area contributed by atoms with E-state index in [0.29, 0.717) is 47.5 Å². The first-order valence-electron chi connectivity index (χ1n) is 11.8. The molecule has 0 aliphatic carbocycles.